The quantitative estimate of drug-likeness (QED) is 0.802. The highest BCUT2D eigenvalue weighted by molar-refractivity contribution is 7.90. The fourth-order valence-corrected chi connectivity index (χ4v) is 1.46. The molecule has 0 saturated heterocycles. The summed E-state index contributed by atoms with van der Waals surface area (Å²) in [6.07, 6.45) is 0. The zero-order chi connectivity index (χ0) is 12.9. The van der Waals surface area contributed by atoms with Crippen molar-refractivity contribution in [1.82, 2.24) is 4.72 Å². The van der Waals surface area contributed by atoms with Gasteiger partial charge in [0.1, 0.15) is 0 Å². The molecule has 0 aliphatic heterocycles. The molecule has 0 radical (unpaired) electrons. The molecule has 0 aromatic rings. The first-order valence-corrected chi connectivity index (χ1v) is 6.90. The number of hydrogen-bond acceptors (Lipinski definition) is 2. The summed E-state index contributed by atoms with van der Waals surface area (Å²) < 4.78 is 24.5. The van der Waals surface area contributed by atoms with Crippen molar-refractivity contribution in [2.24, 2.45) is 5.92 Å². The number of nitrogens with one attached hydrogen (secondary N) is 1. The molecule has 0 saturated carbocycles. The minimum absolute atomic E-state index is 0.0285. The Hall–Kier alpha value is -0.0900. The molecule has 0 amide bonds. The lowest BCUT2D eigenvalue weighted by Gasteiger charge is -2.21. The SMILES string of the molecule is CC(C)C.CC(C)NS(=O)(=O)C(C)(C)C. The van der Waals surface area contributed by atoms with E-state index in [-0.39, 0.29) is 6.04 Å². The second-order valence-corrected chi connectivity index (χ2v) is 8.09. The van der Waals surface area contributed by atoms with Gasteiger partial charge in [-0.1, -0.05) is 20.8 Å². The van der Waals surface area contributed by atoms with Gasteiger partial charge in [-0.3, -0.25) is 0 Å². The number of hydrogen-bond donors (Lipinski definition) is 1. The van der Waals surface area contributed by atoms with Crippen LogP contribution in [-0.2, 0) is 10.0 Å². The second-order valence-electron chi connectivity index (χ2n) is 5.62. The van der Waals surface area contributed by atoms with Crippen LogP contribution in [0.4, 0.5) is 0 Å². The van der Waals surface area contributed by atoms with E-state index in [0.717, 1.165) is 5.92 Å². The fraction of sp³-hybridized carbons (Fsp3) is 1.00. The van der Waals surface area contributed by atoms with Gasteiger partial charge in [-0.05, 0) is 40.5 Å². The standard InChI is InChI=1S/C7H17NO2S.C4H10/c1-6(2)8-11(9,10)7(3,4)5;1-4(2)3/h6,8H,1-5H3;4H,1-3H3. The summed E-state index contributed by atoms with van der Waals surface area (Å²) in [4.78, 5) is 0. The van der Waals surface area contributed by atoms with Crippen molar-refractivity contribution >= 4 is 10.0 Å². The Morgan fingerprint density at radius 1 is 0.933 bits per heavy atom. The minimum Gasteiger partial charge on any atom is -0.212 e. The third-order valence-corrected chi connectivity index (χ3v) is 3.59. The fourth-order valence-electron chi connectivity index (χ4n) is 0.487. The Kier molecular flexibility index (Phi) is 7.48. The van der Waals surface area contributed by atoms with Gasteiger partial charge >= 0.3 is 0 Å². The molecule has 3 nitrogen and oxygen atoms in total. The van der Waals surface area contributed by atoms with E-state index in [4.69, 9.17) is 0 Å². The van der Waals surface area contributed by atoms with E-state index in [0.29, 0.717) is 0 Å². The van der Waals surface area contributed by atoms with Crippen LogP contribution in [0.1, 0.15) is 55.4 Å². The van der Waals surface area contributed by atoms with E-state index < -0.39 is 14.8 Å². The first-order chi connectivity index (χ1) is 6.40. The van der Waals surface area contributed by atoms with E-state index in [1.54, 1.807) is 20.8 Å². The summed E-state index contributed by atoms with van der Waals surface area (Å²) in [6.45, 7) is 15.2. The Labute approximate surface area is 95.7 Å². The molecule has 0 spiro atoms. The molecule has 0 heterocycles. The van der Waals surface area contributed by atoms with E-state index in [1.165, 1.54) is 0 Å². The van der Waals surface area contributed by atoms with E-state index in [2.05, 4.69) is 25.5 Å². The molecule has 0 unspecified atom stereocenters. The predicted molar refractivity (Wildman–Crippen MR) is 67.5 cm³/mol. The molecule has 15 heavy (non-hydrogen) atoms. The summed E-state index contributed by atoms with van der Waals surface area (Å²) in [5.74, 6) is 0.833. The normalized spacial score (nSPS) is 12.7. The van der Waals surface area contributed by atoms with Crippen LogP contribution in [0, 0.1) is 5.92 Å². The van der Waals surface area contributed by atoms with Gasteiger partial charge in [0.2, 0.25) is 10.0 Å². The molecule has 0 atom stereocenters. The van der Waals surface area contributed by atoms with Gasteiger partial charge in [0.05, 0.1) is 4.75 Å². The highest BCUT2D eigenvalue weighted by atomic mass is 32.2. The summed E-state index contributed by atoms with van der Waals surface area (Å²) in [7, 11) is -3.15. The molecular weight excluding hydrogens is 210 g/mol. The number of sulfonamides is 1. The topological polar surface area (TPSA) is 46.2 Å². The number of rotatable bonds is 2. The van der Waals surface area contributed by atoms with Crippen molar-refractivity contribution in [3.05, 3.63) is 0 Å². The van der Waals surface area contributed by atoms with Crippen LogP contribution in [0.5, 0.6) is 0 Å². The van der Waals surface area contributed by atoms with Crippen LogP contribution in [-0.4, -0.2) is 19.2 Å². The summed E-state index contributed by atoms with van der Waals surface area (Å²) in [6, 6.07) is -0.0285. The monoisotopic (exact) mass is 237 g/mol. The summed E-state index contributed by atoms with van der Waals surface area (Å²) in [5.41, 5.74) is 0. The van der Waals surface area contributed by atoms with Crippen molar-refractivity contribution in [2.75, 3.05) is 0 Å². The Morgan fingerprint density at radius 3 is 1.27 bits per heavy atom. The summed E-state index contributed by atoms with van der Waals surface area (Å²) in [5, 5.41) is 0. The summed E-state index contributed by atoms with van der Waals surface area (Å²) >= 11 is 0. The van der Waals surface area contributed by atoms with E-state index in [9.17, 15) is 8.42 Å². The molecule has 1 N–H and O–H groups in total. The molecule has 0 aliphatic carbocycles. The average molecular weight is 237 g/mol. The first-order valence-electron chi connectivity index (χ1n) is 5.42. The van der Waals surface area contributed by atoms with E-state index in [1.807, 2.05) is 13.8 Å². The van der Waals surface area contributed by atoms with Crippen LogP contribution in [0.2, 0.25) is 0 Å². The third kappa shape index (κ3) is 10.2. The van der Waals surface area contributed by atoms with Crippen molar-refractivity contribution in [2.45, 2.75) is 66.2 Å². The van der Waals surface area contributed by atoms with Gasteiger partial charge in [0.25, 0.3) is 0 Å². The lowest BCUT2D eigenvalue weighted by Crippen LogP contribution is -2.42. The van der Waals surface area contributed by atoms with Crippen LogP contribution in [0.25, 0.3) is 0 Å². The van der Waals surface area contributed by atoms with Gasteiger partial charge < -0.3 is 0 Å². The predicted octanol–water partition coefficient (Wildman–Crippen LogP) is 2.78. The Balaban J connectivity index is 0. The zero-order valence-electron chi connectivity index (χ0n) is 11.4. The highest BCUT2D eigenvalue weighted by Crippen LogP contribution is 2.13. The van der Waals surface area contributed by atoms with Crippen LogP contribution >= 0.6 is 0 Å². The van der Waals surface area contributed by atoms with Crippen molar-refractivity contribution in [3.63, 3.8) is 0 Å². The van der Waals surface area contributed by atoms with Crippen LogP contribution in [0.3, 0.4) is 0 Å². The largest absolute Gasteiger partial charge is 0.216 e. The molecular formula is C11H27NO2S. The second kappa shape index (κ2) is 6.48. The van der Waals surface area contributed by atoms with Crippen molar-refractivity contribution in [1.29, 1.82) is 0 Å². The average Bonchev–Trinajstić information content (AvgIpc) is 1.78. The highest BCUT2D eigenvalue weighted by Gasteiger charge is 2.28. The van der Waals surface area contributed by atoms with Crippen LogP contribution in [0.15, 0.2) is 0 Å². The first kappa shape index (κ1) is 17.3. The molecule has 4 heteroatoms. The maximum absolute atomic E-state index is 11.4. The van der Waals surface area contributed by atoms with Crippen molar-refractivity contribution < 1.29 is 8.42 Å². The molecule has 0 aromatic carbocycles. The Bertz CT molecular complexity index is 245. The Morgan fingerprint density at radius 2 is 1.20 bits per heavy atom. The van der Waals surface area contributed by atoms with Gasteiger partial charge in [0.15, 0.2) is 0 Å². The van der Waals surface area contributed by atoms with Gasteiger partial charge in [-0.2, -0.15) is 0 Å². The van der Waals surface area contributed by atoms with Gasteiger partial charge in [-0.15, -0.1) is 0 Å². The van der Waals surface area contributed by atoms with Crippen LogP contribution < -0.4 is 4.72 Å². The van der Waals surface area contributed by atoms with Crippen molar-refractivity contribution in [3.8, 4) is 0 Å². The molecule has 0 aromatic heterocycles. The smallest absolute Gasteiger partial charge is 0.212 e. The molecule has 0 rings (SSSR count). The molecule has 0 fully saturated rings. The maximum Gasteiger partial charge on any atom is 0.216 e. The molecule has 0 bridgehead atoms. The maximum atomic E-state index is 11.4. The van der Waals surface area contributed by atoms with Gasteiger partial charge in [0, 0.05) is 6.04 Å². The third-order valence-electron chi connectivity index (χ3n) is 1.20. The zero-order valence-corrected chi connectivity index (χ0v) is 12.2. The van der Waals surface area contributed by atoms with Gasteiger partial charge in [-0.25, -0.2) is 13.1 Å². The molecule has 0 aliphatic rings. The lowest BCUT2D eigenvalue weighted by molar-refractivity contribution is 0.534. The minimum atomic E-state index is -3.15. The van der Waals surface area contributed by atoms with E-state index >= 15 is 0 Å². The molecule has 94 valence electrons. The lowest BCUT2D eigenvalue weighted by atomic mass is 10.3.